The van der Waals surface area contributed by atoms with E-state index in [1.165, 1.54) is 23.9 Å². The van der Waals surface area contributed by atoms with Crippen molar-refractivity contribution in [2.75, 3.05) is 11.9 Å². The van der Waals surface area contributed by atoms with Gasteiger partial charge in [0.15, 0.2) is 0 Å². The summed E-state index contributed by atoms with van der Waals surface area (Å²) >= 11 is 0. The maximum Gasteiger partial charge on any atom is 0.0933 e. The highest BCUT2D eigenvalue weighted by Gasteiger charge is 2.35. The van der Waals surface area contributed by atoms with Gasteiger partial charge >= 0.3 is 0 Å². The van der Waals surface area contributed by atoms with Crippen LogP contribution in [-0.4, -0.2) is 11.5 Å². The van der Waals surface area contributed by atoms with Crippen molar-refractivity contribution in [3.63, 3.8) is 0 Å². The lowest BCUT2D eigenvalue weighted by Gasteiger charge is -2.19. The van der Waals surface area contributed by atoms with E-state index in [4.69, 9.17) is 0 Å². The first-order chi connectivity index (χ1) is 9.40. The van der Waals surface area contributed by atoms with E-state index in [-0.39, 0.29) is 0 Å². The van der Waals surface area contributed by atoms with Crippen molar-refractivity contribution in [3.05, 3.63) is 48.7 Å². The Morgan fingerprint density at radius 1 is 1.11 bits per heavy atom. The van der Waals surface area contributed by atoms with Crippen molar-refractivity contribution in [1.82, 2.24) is 4.98 Å². The molecule has 0 aliphatic heterocycles. The van der Waals surface area contributed by atoms with E-state index in [0.29, 0.717) is 0 Å². The molecule has 2 aliphatic carbocycles. The monoisotopic (exact) mass is 250 g/mol. The molecule has 0 saturated heterocycles. The SMILES string of the molecule is C1=CC2CC1CC2CNc1cccc2cccnc12. The summed E-state index contributed by atoms with van der Waals surface area (Å²) in [4.78, 5) is 4.50. The molecule has 2 heteroatoms. The molecule has 1 fully saturated rings. The smallest absolute Gasteiger partial charge is 0.0933 e. The van der Waals surface area contributed by atoms with E-state index in [1.807, 2.05) is 12.3 Å². The third-order valence-electron chi connectivity index (χ3n) is 4.60. The van der Waals surface area contributed by atoms with E-state index in [2.05, 4.69) is 46.7 Å². The maximum absolute atomic E-state index is 4.50. The molecule has 1 aromatic carbocycles. The summed E-state index contributed by atoms with van der Waals surface area (Å²) in [6.45, 7) is 1.07. The fraction of sp³-hybridized carbons (Fsp3) is 0.353. The van der Waals surface area contributed by atoms with Gasteiger partial charge in [0.25, 0.3) is 0 Å². The molecule has 4 rings (SSSR count). The number of para-hydroxylation sites is 1. The number of fused-ring (bicyclic) bond motifs is 3. The molecular weight excluding hydrogens is 232 g/mol. The van der Waals surface area contributed by atoms with Crippen molar-refractivity contribution < 1.29 is 0 Å². The normalized spacial score (nSPS) is 28.1. The summed E-state index contributed by atoms with van der Waals surface area (Å²) in [5, 5.41) is 4.83. The topological polar surface area (TPSA) is 24.9 Å². The first-order valence-electron chi connectivity index (χ1n) is 7.16. The van der Waals surface area contributed by atoms with Crippen LogP contribution in [0.5, 0.6) is 0 Å². The Kier molecular flexibility index (Phi) is 2.54. The number of nitrogens with one attached hydrogen (secondary N) is 1. The van der Waals surface area contributed by atoms with Gasteiger partial charge in [0.05, 0.1) is 11.2 Å². The van der Waals surface area contributed by atoms with E-state index < -0.39 is 0 Å². The minimum absolute atomic E-state index is 0.800. The van der Waals surface area contributed by atoms with Crippen LogP contribution in [0.15, 0.2) is 48.7 Å². The summed E-state index contributed by atoms with van der Waals surface area (Å²) in [6.07, 6.45) is 9.42. The van der Waals surface area contributed by atoms with Crippen LogP contribution in [0.2, 0.25) is 0 Å². The number of anilines is 1. The van der Waals surface area contributed by atoms with Crippen LogP contribution < -0.4 is 5.32 Å². The van der Waals surface area contributed by atoms with Crippen LogP contribution in [-0.2, 0) is 0 Å². The second kappa shape index (κ2) is 4.37. The van der Waals surface area contributed by atoms with E-state index >= 15 is 0 Å². The predicted molar refractivity (Wildman–Crippen MR) is 79.1 cm³/mol. The largest absolute Gasteiger partial charge is 0.383 e. The van der Waals surface area contributed by atoms with Gasteiger partial charge in [-0.25, -0.2) is 0 Å². The molecule has 2 aromatic rings. The highest BCUT2D eigenvalue weighted by molar-refractivity contribution is 5.90. The van der Waals surface area contributed by atoms with Crippen molar-refractivity contribution in [2.45, 2.75) is 12.8 Å². The van der Waals surface area contributed by atoms with Crippen molar-refractivity contribution in [2.24, 2.45) is 17.8 Å². The molecule has 96 valence electrons. The molecule has 19 heavy (non-hydrogen) atoms. The molecular formula is C17H18N2. The fourth-order valence-corrected chi connectivity index (χ4v) is 3.62. The third kappa shape index (κ3) is 1.92. The van der Waals surface area contributed by atoms with E-state index in [1.54, 1.807) is 0 Å². The third-order valence-corrected chi connectivity index (χ3v) is 4.60. The summed E-state index contributed by atoms with van der Waals surface area (Å²) < 4.78 is 0. The summed E-state index contributed by atoms with van der Waals surface area (Å²) in [7, 11) is 0. The van der Waals surface area contributed by atoms with Gasteiger partial charge < -0.3 is 5.32 Å². The number of pyridine rings is 1. The standard InChI is InChI=1S/C17H18N2/c1-3-13-4-2-8-18-17(13)16(5-1)19-11-15-10-12-6-7-14(15)9-12/h1-8,12,14-15,19H,9-11H2. The van der Waals surface area contributed by atoms with Crippen LogP contribution in [0.25, 0.3) is 10.9 Å². The van der Waals surface area contributed by atoms with Crippen molar-refractivity contribution in [3.8, 4) is 0 Å². The highest BCUT2D eigenvalue weighted by atomic mass is 14.9. The lowest BCUT2D eigenvalue weighted by molar-refractivity contribution is 0.472. The highest BCUT2D eigenvalue weighted by Crippen LogP contribution is 2.43. The maximum atomic E-state index is 4.50. The fourth-order valence-electron chi connectivity index (χ4n) is 3.62. The first-order valence-corrected chi connectivity index (χ1v) is 7.16. The molecule has 0 amide bonds. The Morgan fingerprint density at radius 3 is 2.89 bits per heavy atom. The number of benzene rings is 1. The first kappa shape index (κ1) is 11.0. The van der Waals surface area contributed by atoms with Crippen LogP contribution in [0.3, 0.4) is 0 Å². The molecule has 0 radical (unpaired) electrons. The lowest BCUT2D eigenvalue weighted by Crippen LogP contribution is -2.18. The summed E-state index contributed by atoms with van der Waals surface area (Å²) in [5.74, 6) is 2.46. The van der Waals surface area contributed by atoms with Gasteiger partial charge in [-0.1, -0.05) is 30.4 Å². The van der Waals surface area contributed by atoms with E-state index in [0.717, 1.165) is 29.8 Å². The summed E-state index contributed by atoms with van der Waals surface area (Å²) in [5.41, 5.74) is 2.26. The molecule has 1 N–H and O–H groups in total. The average Bonchev–Trinajstić information content (AvgIpc) is 3.07. The molecule has 2 nitrogen and oxygen atoms in total. The molecule has 2 bridgehead atoms. The van der Waals surface area contributed by atoms with E-state index in [9.17, 15) is 0 Å². The van der Waals surface area contributed by atoms with Gasteiger partial charge in [0.1, 0.15) is 0 Å². The van der Waals surface area contributed by atoms with Crippen LogP contribution in [0, 0.1) is 17.8 Å². The number of nitrogens with zero attached hydrogens (tertiary/aromatic N) is 1. The minimum Gasteiger partial charge on any atom is -0.383 e. The quantitative estimate of drug-likeness (QED) is 0.837. The van der Waals surface area contributed by atoms with Gasteiger partial charge in [-0.15, -0.1) is 0 Å². The molecule has 0 spiro atoms. The zero-order valence-electron chi connectivity index (χ0n) is 10.9. The van der Waals surface area contributed by atoms with Crippen LogP contribution in [0.1, 0.15) is 12.8 Å². The molecule has 3 unspecified atom stereocenters. The van der Waals surface area contributed by atoms with Gasteiger partial charge in [-0.2, -0.15) is 0 Å². The molecule has 2 aliphatic rings. The minimum atomic E-state index is 0.800. The van der Waals surface area contributed by atoms with Gasteiger partial charge in [-0.05, 0) is 42.7 Å². The summed E-state index contributed by atoms with van der Waals surface area (Å²) in [6, 6.07) is 10.5. The second-order valence-corrected chi connectivity index (χ2v) is 5.80. The van der Waals surface area contributed by atoms with Gasteiger partial charge in [0.2, 0.25) is 0 Å². The molecule has 1 heterocycles. The molecule has 1 aromatic heterocycles. The second-order valence-electron chi connectivity index (χ2n) is 5.80. The van der Waals surface area contributed by atoms with Crippen LogP contribution in [0.4, 0.5) is 5.69 Å². The van der Waals surface area contributed by atoms with Crippen molar-refractivity contribution in [1.29, 1.82) is 0 Å². The number of allylic oxidation sites excluding steroid dienone is 2. The molecule has 3 atom stereocenters. The van der Waals surface area contributed by atoms with Gasteiger partial charge in [-0.3, -0.25) is 4.98 Å². The molecule has 1 saturated carbocycles. The Morgan fingerprint density at radius 2 is 2.05 bits per heavy atom. The average molecular weight is 250 g/mol. The Balaban J connectivity index is 1.54. The number of hydrogen-bond donors (Lipinski definition) is 1. The zero-order chi connectivity index (χ0) is 12.7. The zero-order valence-corrected chi connectivity index (χ0v) is 10.9. The Bertz CT molecular complexity index is 627. The number of hydrogen-bond acceptors (Lipinski definition) is 2. The van der Waals surface area contributed by atoms with Crippen LogP contribution >= 0.6 is 0 Å². The van der Waals surface area contributed by atoms with Crippen molar-refractivity contribution >= 4 is 16.6 Å². The Labute approximate surface area is 113 Å². The lowest BCUT2D eigenvalue weighted by atomic mass is 9.93. The predicted octanol–water partition coefficient (Wildman–Crippen LogP) is 3.86. The number of rotatable bonds is 3. The Hall–Kier alpha value is -1.83. The number of aromatic nitrogens is 1. The van der Waals surface area contributed by atoms with Gasteiger partial charge in [0, 0.05) is 18.1 Å².